The van der Waals surface area contributed by atoms with E-state index in [1.54, 1.807) is 41.3 Å². The minimum Gasteiger partial charge on any atom is -0.493 e. The Bertz CT molecular complexity index is 1370. The molecule has 3 aromatic carbocycles. The molecule has 1 heterocycles. The van der Waals surface area contributed by atoms with Crippen LogP contribution in [-0.2, 0) is 9.59 Å². The second kappa shape index (κ2) is 11.3. The maximum atomic E-state index is 13.1. The molecule has 4 rings (SSSR count). The molecule has 6 nitrogen and oxygen atoms in total. The SMILES string of the molecule is COc1cc(/C=C2\SC(=S)N(c3ccc(C)c(C)c3)C2=O)ccc1OCC(=O)Nc1ccc(Br)cc1. The van der Waals surface area contributed by atoms with Crippen LogP contribution in [0.15, 0.2) is 70.0 Å². The average molecular weight is 584 g/mol. The van der Waals surface area contributed by atoms with Crippen LogP contribution in [-0.4, -0.2) is 29.9 Å². The second-order valence-corrected chi connectivity index (χ2v) is 10.6. The highest BCUT2D eigenvalue weighted by atomic mass is 79.9. The maximum Gasteiger partial charge on any atom is 0.270 e. The zero-order valence-electron chi connectivity index (χ0n) is 19.8. The lowest BCUT2D eigenvalue weighted by molar-refractivity contribution is -0.118. The molecule has 1 saturated heterocycles. The van der Waals surface area contributed by atoms with E-state index in [0.29, 0.717) is 26.4 Å². The van der Waals surface area contributed by atoms with Crippen LogP contribution in [0.1, 0.15) is 16.7 Å². The number of ether oxygens (including phenoxy) is 2. The van der Waals surface area contributed by atoms with Gasteiger partial charge < -0.3 is 14.8 Å². The Hall–Kier alpha value is -3.14. The molecule has 3 aromatic rings. The van der Waals surface area contributed by atoms with E-state index in [2.05, 4.69) is 21.2 Å². The van der Waals surface area contributed by atoms with Crippen molar-refractivity contribution >= 4 is 73.5 Å². The van der Waals surface area contributed by atoms with Crippen molar-refractivity contribution in [3.8, 4) is 11.5 Å². The summed E-state index contributed by atoms with van der Waals surface area (Å²) in [6.45, 7) is 3.85. The largest absolute Gasteiger partial charge is 0.493 e. The molecule has 1 aliphatic rings. The average Bonchev–Trinajstić information content (AvgIpc) is 3.13. The van der Waals surface area contributed by atoms with Gasteiger partial charge in [0.2, 0.25) is 0 Å². The summed E-state index contributed by atoms with van der Waals surface area (Å²) >= 11 is 10.1. The van der Waals surface area contributed by atoms with Crippen molar-refractivity contribution in [2.75, 3.05) is 23.9 Å². The normalized spacial score (nSPS) is 14.3. The number of aryl methyl sites for hydroxylation is 2. The number of methoxy groups -OCH3 is 1. The van der Waals surface area contributed by atoms with Crippen LogP contribution in [0.2, 0.25) is 0 Å². The Morgan fingerprint density at radius 2 is 1.81 bits per heavy atom. The number of halogens is 1. The van der Waals surface area contributed by atoms with E-state index in [4.69, 9.17) is 21.7 Å². The van der Waals surface area contributed by atoms with Gasteiger partial charge in [0.25, 0.3) is 11.8 Å². The van der Waals surface area contributed by atoms with Gasteiger partial charge >= 0.3 is 0 Å². The first-order valence-electron chi connectivity index (χ1n) is 11.0. The minimum absolute atomic E-state index is 0.169. The van der Waals surface area contributed by atoms with Crippen molar-refractivity contribution in [1.29, 1.82) is 0 Å². The molecule has 0 saturated carbocycles. The molecule has 0 spiro atoms. The fraction of sp³-hybridized carbons (Fsp3) is 0.148. The van der Waals surface area contributed by atoms with Crippen molar-refractivity contribution in [2.24, 2.45) is 0 Å². The van der Waals surface area contributed by atoms with E-state index < -0.39 is 0 Å². The van der Waals surface area contributed by atoms with Gasteiger partial charge in [-0.2, -0.15) is 0 Å². The molecule has 0 bridgehead atoms. The third-order valence-electron chi connectivity index (χ3n) is 5.51. The smallest absolute Gasteiger partial charge is 0.270 e. The lowest BCUT2D eigenvalue weighted by Crippen LogP contribution is -2.27. The summed E-state index contributed by atoms with van der Waals surface area (Å²) in [5.41, 5.74) is 4.43. The van der Waals surface area contributed by atoms with Gasteiger partial charge in [-0.15, -0.1) is 0 Å². The number of hydrogen-bond acceptors (Lipinski definition) is 6. The summed E-state index contributed by atoms with van der Waals surface area (Å²) in [6, 6.07) is 18.4. The van der Waals surface area contributed by atoms with Gasteiger partial charge in [-0.25, -0.2) is 0 Å². The van der Waals surface area contributed by atoms with Gasteiger partial charge in [-0.3, -0.25) is 14.5 Å². The zero-order chi connectivity index (χ0) is 25.8. The summed E-state index contributed by atoms with van der Waals surface area (Å²) in [7, 11) is 1.52. The molecule has 1 N–H and O–H groups in total. The predicted octanol–water partition coefficient (Wildman–Crippen LogP) is 6.50. The zero-order valence-corrected chi connectivity index (χ0v) is 23.1. The van der Waals surface area contributed by atoms with Gasteiger partial charge in [0.15, 0.2) is 22.4 Å². The van der Waals surface area contributed by atoms with E-state index >= 15 is 0 Å². The fourth-order valence-electron chi connectivity index (χ4n) is 3.47. The summed E-state index contributed by atoms with van der Waals surface area (Å²) in [4.78, 5) is 27.5. The van der Waals surface area contributed by atoms with E-state index in [-0.39, 0.29) is 18.4 Å². The Morgan fingerprint density at radius 1 is 1.06 bits per heavy atom. The van der Waals surface area contributed by atoms with Crippen LogP contribution in [0.4, 0.5) is 11.4 Å². The Kier molecular flexibility index (Phi) is 8.13. The highest BCUT2D eigenvalue weighted by Gasteiger charge is 2.33. The first-order valence-corrected chi connectivity index (χ1v) is 13.0. The minimum atomic E-state index is -0.293. The number of thiocarbonyl (C=S) groups is 1. The van der Waals surface area contributed by atoms with Crippen molar-refractivity contribution in [3.05, 3.63) is 86.7 Å². The number of carbonyl (C=O) groups is 2. The Labute approximate surface area is 227 Å². The number of rotatable bonds is 7. The Balaban J connectivity index is 1.45. The number of hydrogen-bond donors (Lipinski definition) is 1. The van der Waals surface area contributed by atoms with Crippen LogP contribution in [0.3, 0.4) is 0 Å². The van der Waals surface area contributed by atoms with Crippen LogP contribution in [0.5, 0.6) is 11.5 Å². The molecule has 184 valence electrons. The summed E-state index contributed by atoms with van der Waals surface area (Å²) in [5.74, 6) is 0.406. The van der Waals surface area contributed by atoms with Gasteiger partial charge in [-0.05, 0) is 85.1 Å². The number of thioether (sulfide) groups is 1. The number of carbonyl (C=O) groups excluding carboxylic acids is 2. The molecule has 0 aliphatic carbocycles. The summed E-state index contributed by atoms with van der Waals surface area (Å²) < 4.78 is 12.5. The van der Waals surface area contributed by atoms with Crippen molar-refractivity contribution in [1.82, 2.24) is 0 Å². The monoisotopic (exact) mass is 582 g/mol. The molecule has 36 heavy (non-hydrogen) atoms. The van der Waals surface area contributed by atoms with Crippen LogP contribution < -0.4 is 19.7 Å². The van der Waals surface area contributed by atoms with E-state index in [0.717, 1.165) is 26.9 Å². The lowest BCUT2D eigenvalue weighted by atomic mass is 10.1. The van der Waals surface area contributed by atoms with Gasteiger partial charge in [0, 0.05) is 10.2 Å². The van der Waals surface area contributed by atoms with Crippen molar-refractivity contribution in [3.63, 3.8) is 0 Å². The molecule has 1 fully saturated rings. The number of nitrogens with zero attached hydrogens (tertiary/aromatic N) is 1. The first-order chi connectivity index (χ1) is 17.2. The molecule has 1 aliphatic heterocycles. The quantitative estimate of drug-likeness (QED) is 0.253. The fourth-order valence-corrected chi connectivity index (χ4v) is 5.04. The van der Waals surface area contributed by atoms with Gasteiger partial charge in [-0.1, -0.05) is 52.0 Å². The molecule has 0 radical (unpaired) electrons. The van der Waals surface area contributed by atoms with Crippen LogP contribution >= 0.6 is 39.9 Å². The highest BCUT2D eigenvalue weighted by Crippen LogP contribution is 2.37. The maximum absolute atomic E-state index is 13.1. The predicted molar refractivity (Wildman–Crippen MR) is 153 cm³/mol. The lowest BCUT2D eigenvalue weighted by Gasteiger charge is -2.16. The first kappa shape index (κ1) is 25.9. The highest BCUT2D eigenvalue weighted by molar-refractivity contribution is 9.10. The molecule has 0 unspecified atom stereocenters. The number of benzene rings is 3. The third kappa shape index (κ3) is 5.98. The molecule has 0 aromatic heterocycles. The number of nitrogens with one attached hydrogen (secondary N) is 1. The van der Waals surface area contributed by atoms with Crippen molar-refractivity contribution < 1.29 is 19.1 Å². The van der Waals surface area contributed by atoms with Gasteiger partial charge in [0.05, 0.1) is 17.7 Å². The van der Waals surface area contributed by atoms with Crippen LogP contribution in [0.25, 0.3) is 6.08 Å². The topological polar surface area (TPSA) is 67.9 Å². The van der Waals surface area contributed by atoms with E-state index in [1.807, 2.05) is 44.2 Å². The molecular weight excluding hydrogens is 560 g/mol. The van der Waals surface area contributed by atoms with E-state index in [9.17, 15) is 9.59 Å². The van der Waals surface area contributed by atoms with Gasteiger partial charge in [0.1, 0.15) is 0 Å². The summed E-state index contributed by atoms with van der Waals surface area (Å²) in [5, 5.41) is 2.78. The third-order valence-corrected chi connectivity index (χ3v) is 7.35. The second-order valence-electron chi connectivity index (χ2n) is 8.04. The molecule has 2 amide bonds. The molecule has 9 heteroatoms. The van der Waals surface area contributed by atoms with Crippen molar-refractivity contribution in [2.45, 2.75) is 13.8 Å². The number of amides is 2. The summed E-state index contributed by atoms with van der Waals surface area (Å²) in [6.07, 6.45) is 1.77. The molecule has 0 atom stereocenters. The van der Waals surface area contributed by atoms with Crippen LogP contribution in [0, 0.1) is 13.8 Å². The number of anilines is 2. The Morgan fingerprint density at radius 3 is 2.50 bits per heavy atom. The van der Waals surface area contributed by atoms with E-state index in [1.165, 1.54) is 18.9 Å². The molecular formula is C27H23BrN2O4S2. The standard InChI is InChI=1S/C27H23BrN2O4S2/c1-16-4-10-21(12-17(16)2)30-26(32)24(36-27(30)35)14-18-5-11-22(23(13-18)33-3)34-15-25(31)29-20-8-6-19(28)7-9-20/h4-14H,15H2,1-3H3,(H,29,31)/b24-14-.